The van der Waals surface area contributed by atoms with E-state index in [9.17, 15) is 9.59 Å². The zero-order valence-electron chi connectivity index (χ0n) is 16.1. The van der Waals surface area contributed by atoms with Crippen LogP contribution >= 0.6 is 11.6 Å². The van der Waals surface area contributed by atoms with Crippen molar-refractivity contribution in [2.75, 3.05) is 0 Å². The van der Waals surface area contributed by atoms with E-state index in [2.05, 4.69) is 0 Å². The molecule has 0 amide bonds. The van der Waals surface area contributed by atoms with E-state index in [4.69, 9.17) is 20.8 Å². The van der Waals surface area contributed by atoms with Crippen LogP contribution in [0.2, 0.25) is 5.02 Å². The lowest BCUT2D eigenvalue weighted by Gasteiger charge is -2.08. The average Bonchev–Trinajstić information content (AvgIpc) is 2.74. The van der Waals surface area contributed by atoms with E-state index in [0.717, 1.165) is 11.1 Å². The third-order valence-electron chi connectivity index (χ3n) is 4.60. The topological polar surface area (TPSA) is 56.5 Å². The number of halogens is 1. The van der Waals surface area contributed by atoms with E-state index < -0.39 is 5.97 Å². The van der Waals surface area contributed by atoms with Crippen molar-refractivity contribution in [1.82, 2.24) is 0 Å². The van der Waals surface area contributed by atoms with Crippen LogP contribution in [0.15, 0.2) is 88.1 Å². The number of carbonyl (C=O) groups excluding carboxylic acids is 1. The first-order valence-corrected chi connectivity index (χ1v) is 9.67. The molecule has 3 aromatic carbocycles. The third-order valence-corrected chi connectivity index (χ3v) is 4.85. The molecule has 148 valence electrons. The minimum atomic E-state index is -0.518. The molecule has 1 aromatic heterocycles. The molecule has 0 saturated heterocycles. The van der Waals surface area contributed by atoms with Gasteiger partial charge < -0.3 is 9.15 Å². The molecular formula is C25H17ClO4. The fraction of sp³-hybridized carbons (Fsp3) is 0.0400. The van der Waals surface area contributed by atoms with Crippen LogP contribution in [0.3, 0.4) is 0 Å². The number of fused-ring (bicyclic) bond motifs is 1. The minimum absolute atomic E-state index is 0.155. The Labute approximate surface area is 178 Å². The molecule has 0 unspecified atom stereocenters. The van der Waals surface area contributed by atoms with Gasteiger partial charge in [0.15, 0.2) is 0 Å². The summed E-state index contributed by atoms with van der Waals surface area (Å²) in [5, 5.41) is 1.000. The Morgan fingerprint density at radius 1 is 1.00 bits per heavy atom. The molecular weight excluding hydrogens is 400 g/mol. The van der Waals surface area contributed by atoms with E-state index in [0.29, 0.717) is 33.1 Å². The van der Waals surface area contributed by atoms with Crippen molar-refractivity contribution in [3.05, 3.63) is 105 Å². The Bertz CT molecular complexity index is 1300. The van der Waals surface area contributed by atoms with Gasteiger partial charge in [-0.1, -0.05) is 54.1 Å². The molecule has 0 N–H and O–H groups in total. The fourth-order valence-electron chi connectivity index (χ4n) is 3.18. The minimum Gasteiger partial charge on any atom is -0.460 e. The number of hydrogen-bond donors (Lipinski definition) is 0. The van der Waals surface area contributed by atoms with Crippen LogP contribution in [0.5, 0.6) is 5.75 Å². The van der Waals surface area contributed by atoms with Gasteiger partial charge in [0, 0.05) is 17.2 Å². The normalized spacial score (nSPS) is 11.1. The van der Waals surface area contributed by atoms with E-state index in [1.807, 2.05) is 30.3 Å². The zero-order chi connectivity index (χ0) is 21.1. The second-order valence-corrected chi connectivity index (χ2v) is 7.13. The molecule has 0 radical (unpaired) electrons. The highest BCUT2D eigenvalue weighted by molar-refractivity contribution is 6.30. The molecule has 0 aliphatic heterocycles. The number of benzene rings is 3. The fourth-order valence-corrected chi connectivity index (χ4v) is 3.30. The lowest BCUT2D eigenvalue weighted by molar-refractivity contribution is -0.128. The number of aryl methyl sites for hydroxylation is 1. The summed E-state index contributed by atoms with van der Waals surface area (Å²) in [6.45, 7) is 1.73. The summed E-state index contributed by atoms with van der Waals surface area (Å²) in [5.74, 6) is 0.254. The molecule has 30 heavy (non-hydrogen) atoms. The van der Waals surface area contributed by atoms with Crippen LogP contribution < -0.4 is 10.2 Å². The van der Waals surface area contributed by atoms with Gasteiger partial charge in [-0.05, 0) is 48.4 Å². The quantitative estimate of drug-likeness (QED) is 0.231. The number of carbonyl (C=O) groups is 1. The summed E-state index contributed by atoms with van der Waals surface area (Å²) in [6, 6.07) is 21.2. The average molecular weight is 417 g/mol. The molecule has 0 fully saturated rings. The lowest BCUT2D eigenvalue weighted by Crippen LogP contribution is -2.08. The number of hydrogen-bond acceptors (Lipinski definition) is 4. The van der Waals surface area contributed by atoms with Gasteiger partial charge in [0.1, 0.15) is 17.1 Å². The van der Waals surface area contributed by atoms with Crippen LogP contribution in [-0.4, -0.2) is 5.97 Å². The molecule has 0 aliphatic carbocycles. The van der Waals surface area contributed by atoms with Gasteiger partial charge in [-0.25, -0.2) is 4.79 Å². The predicted octanol–water partition coefficient (Wildman–Crippen LogP) is 6.04. The first-order valence-electron chi connectivity index (χ1n) is 9.29. The zero-order valence-corrected chi connectivity index (χ0v) is 16.8. The monoisotopic (exact) mass is 416 g/mol. The van der Waals surface area contributed by atoms with Crippen LogP contribution in [0, 0.1) is 6.92 Å². The smallest absolute Gasteiger partial charge is 0.336 e. The molecule has 5 heteroatoms. The summed E-state index contributed by atoms with van der Waals surface area (Å²) in [6.07, 6.45) is 3.02. The molecule has 0 spiro atoms. The van der Waals surface area contributed by atoms with Gasteiger partial charge in [0.25, 0.3) is 0 Å². The SMILES string of the molecule is Cc1oc2cc(OC(=O)/C=C/c3ccccc3)ccc2c(=O)c1-c1ccc(Cl)cc1. The molecule has 0 bridgehead atoms. The van der Waals surface area contributed by atoms with Gasteiger partial charge in [0.2, 0.25) is 5.43 Å². The summed E-state index contributed by atoms with van der Waals surface area (Å²) < 4.78 is 11.2. The van der Waals surface area contributed by atoms with Gasteiger partial charge in [-0.15, -0.1) is 0 Å². The van der Waals surface area contributed by atoms with Crippen molar-refractivity contribution in [3.63, 3.8) is 0 Å². The maximum Gasteiger partial charge on any atom is 0.336 e. The van der Waals surface area contributed by atoms with E-state index in [1.54, 1.807) is 55.5 Å². The molecule has 1 heterocycles. The Morgan fingerprint density at radius 2 is 1.73 bits per heavy atom. The number of esters is 1. The highest BCUT2D eigenvalue weighted by Gasteiger charge is 2.14. The second-order valence-electron chi connectivity index (χ2n) is 6.69. The first-order chi connectivity index (χ1) is 14.5. The van der Waals surface area contributed by atoms with Crippen molar-refractivity contribution in [2.45, 2.75) is 6.92 Å². The lowest BCUT2D eigenvalue weighted by atomic mass is 10.0. The maximum atomic E-state index is 13.0. The van der Waals surface area contributed by atoms with Crippen LogP contribution in [0.25, 0.3) is 28.2 Å². The van der Waals surface area contributed by atoms with E-state index >= 15 is 0 Å². The maximum absolute atomic E-state index is 13.0. The highest BCUT2D eigenvalue weighted by Crippen LogP contribution is 2.27. The summed E-state index contributed by atoms with van der Waals surface area (Å²) >= 11 is 5.94. The largest absolute Gasteiger partial charge is 0.460 e. The first kappa shape index (κ1) is 19.7. The Balaban J connectivity index is 1.62. The van der Waals surface area contributed by atoms with Gasteiger partial charge in [-0.2, -0.15) is 0 Å². The number of rotatable bonds is 4. The van der Waals surface area contributed by atoms with Crippen LogP contribution in [0.1, 0.15) is 11.3 Å². The molecule has 0 aliphatic rings. The Hall–Kier alpha value is -3.63. The summed E-state index contributed by atoms with van der Waals surface area (Å²) in [7, 11) is 0. The van der Waals surface area contributed by atoms with Gasteiger partial charge in [-0.3, -0.25) is 4.79 Å². The summed E-state index contributed by atoms with van der Waals surface area (Å²) in [5.41, 5.74) is 2.30. The van der Waals surface area contributed by atoms with Crippen molar-refractivity contribution >= 4 is 34.6 Å². The summed E-state index contributed by atoms with van der Waals surface area (Å²) in [4.78, 5) is 25.1. The molecule has 0 saturated carbocycles. The van der Waals surface area contributed by atoms with Gasteiger partial charge >= 0.3 is 5.97 Å². The van der Waals surface area contributed by atoms with Crippen molar-refractivity contribution in [3.8, 4) is 16.9 Å². The molecule has 4 rings (SSSR count). The van der Waals surface area contributed by atoms with Crippen molar-refractivity contribution in [2.24, 2.45) is 0 Å². The van der Waals surface area contributed by atoms with Crippen LogP contribution in [-0.2, 0) is 4.79 Å². The predicted molar refractivity (Wildman–Crippen MR) is 119 cm³/mol. The Kier molecular flexibility index (Phi) is 5.50. The third kappa shape index (κ3) is 4.19. The van der Waals surface area contributed by atoms with Crippen LogP contribution in [0.4, 0.5) is 0 Å². The second kappa shape index (κ2) is 8.39. The number of ether oxygens (including phenoxy) is 1. The molecule has 0 atom stereocenters. The van der Waals surface area contributed by atoms with E-state index in [1.165, 1.54) is 6.08 Å². The standard InChI is InChI=1S/C25H17ClO4/c1-16-24(18-8-10-19(26)11-9-18)25(28)21-13-12-20(15-22(21)29-16)30-23(27)14-7-17-5-3-2-4-6-17/h2-15H,1H3/b14-7+. The van der Waals surface area contributed by atoms with E-state index in [-0.39, 0.29) is 5.43 Å². The van der Waals surface area contributed by atoms with Gasteiger partial charge in [0.05, 0.1) is 10.9 Å². The Morgan fingerprint density at radius 3 is 2.47 bits per heavy atom. The molecule has 4 aromatic rings. The van der Waals surface area contributed by atoms with Crippen molar-refractivity contribution < 1.29 is 13.9 Å². The molecule has 4 nitrogen and oxygen atoms in total. The highest BCUT2D eigenvalue weighted by atomic mass is 35.5. The van der Waals surface area contributed by atoms with Crippen molar-refractivity contribution in [1.29, 1.82) is 0 Å².